The lowest BCUT2D eigenvalue weighted by molar-refractivity contribution is -0.384. The fourth-order valence-electron chi connectivity index (χ4n) is 6.02. The topological polar surface area (TPSA) is 135 Å². The van der Waals surface area contributed by atoms with Crippen LogP contribution in [0.3, 0.4) is 0 Å². The minimum atomic E-state index is -4.25. The number of hydrogen-bond acceptors (Lipinski definition) is 8. The van der Waals surface area contributed by atoms with E-state index in [-0.39, 0.29) is 16.1 Å². The van der Waals surface area contributed by atoms with Gasteiger partial charge in [0.2, 0.25) is 5.95 Å². The minimum Gasteiger partial charge on any atom is -0.341 e. The van der Waals surface area contributed by atoms with E-state index in [1.807, 2.05) is 6.07 Å². The quantitative estimate of drug-likeness (QED) is 0.242. The molecule has 2 aromatic carbocycles. The summed E-state index contributed by atoms with van der Waals surface area (Å²) in [5.41, 5.74) is 1.79. The Kier molecular flexibility index (Phi) is 9.46. The number of nitrogens with zero attached hydrogens (tertiary/aromatic N) is 4. The molecule has 1 amide bonds. The second kappa shape index (κ2) is 13.4. The number of sulfonamides is 1. The average molecular weight is 592 g/mol. The normalized spacial score (nSPS) is 16.7. The van der Waals surface area contributed by atoms with Crippen molar-refractivity contribution in [2.75, 3.05) is 18.0 Å². The molecular weight excluding hydrogens is 554 g/mol. The molecule has 0 bridgehead atoms. The number of nitro benzene ring substituents is 1. The molecule has 0 spiro atoms. The second-order valence-electron chi connectivity index (χ2n) is 11.4. The zero-order valence-electron chi connectivity index (χ0n) is 23.7. The van der Waals surface area contributed by atoms with E-state index >= 15 is 0 Å². The van der Waals surface area contributed by atoms with Crippen LogP contribution in [0.4, 0.5) is 11.6 Å². The van der Waals surface area contributed by atoms with Gasteiger partial charge < -0.3 is 4.90 Å². The van der Waals surface area contributed by atoms with E-state index in [4.69, 9.17) is 4.98 Å². The number of aromatic nitrogens is 2. The van der Waals surface area contributed by atoms with Crippen molar-refractivity contribution in [2.45, 2.75) is 69.1 Å². The molecule has 0 unspecified atom stereocenters. The molecule has 42 heavy (non-hydrogen) atoms. The monoisotopic (exact) mass is 591 g/mol. The van der Waals surface area contributed by atoms with Crippen LogP contribution in [0.25, 0.3) is 0 Å². The van der Waals surface area contributed by atoms with Crippen molar-refractivity contribution in [3.05, 3.63) is 87.7 Å². The van der Waals surface area contributed by atoms with E-state index in [0.29, 0.717) is 29.9 Å². The van der Waals surface area contributed by atoms with Crippen LogP contribution in [-0.2, 0) is 22.9 Å². The Morgan fingerprint density at radius 3 is 2.31 bits per heavy atom. The third-order valence-electron chi connectivity index (χ3n) is 8.46. The summed E-state index contributed by atoms with van der Waals surface area (Å²) in [6.07, 6.45) is 11.9. The smallest absolute Gasteiger partial charge is 0.269 e. The highest BCUT2D eigenvalue weighted by Gasteiger charge is 2.26. The molecular formula is C31H37N5O5S. The average Bonchev–Trinajstić information content (AvgIpc) is 3.01. The van der Waals surface area contributed by atoms with Crippen LogP contribution in [0.5, 0.6) is 0 Å². The molecule has 3 aromatic rings. The Morgan fingerprint density at radius 1 is 0.952 bits per heavy atom. The van der Waals surface area contributed by atoms with Crippen molar-refractivity contribution in [2.24, 2.45) is 11.8 Å². The first-order valence-electron chi connectivity index (χ1n) is 14.7. The molecule has 222 valence electrons. The van der Waals surface area contributed by atoms with E-state index in [1.165, 1.54) is 31.0 Å². The number of anilines is 1. The highest BCUT2D eigenvalue weighted by Crippen LogP contribution is 2.29. The Bertz CT molecular complexity index is 1480. The summed E-state index contributed by atoms with van der Waals surface area (Å²) in [6.45, 7) is 1.64. The molecule has 1 N–H and O–H groups in total. The first kappa shape index (κ1) is 29.6. The van der Waals surface area contributed by atoms with E-state index in [1.54, 1.807) is 0 Å². The summed E-state index contributed by atoms with van der Waals surface area (Å²) < 4.78 is 28.0. The number of piperidine rings is 1. The summed E-state index contributed by atoms with van der Waals surface area (Å²) in [6, 6.07) is 14.9. The Labute approximate surface area is 246 Å². The zero-order chi connectivity index (χ0) is 29.5. The summed E-state index contributed by atoms with van der Waals surface area (Å²) in [7, 11) is -4.25. The Balaban J connectivity index is 1.31. The molecule has 10 nitrogen and oxygen atoms in total. The van der Waals surface area contributed by atoms with Gasteiger partial charge >= 0.3 is 0 Å². The number of amides is 1. The van der Waals surface area contributed by atoms with Crippen molar-refractivity contribution < 1.29 is 18.1 Å². The lowest BCUT2D eigenvalue weighted by Gasteiger charge is -2.32. The molecule has 1 aliphatic heterocycles. The summed E-state index contributed by atoms with van der Waals surface area (Å²) in [5, 5.41) is 10.9. The largest absolute Gasteiger partial charge is 0.341 e. The first-order chi connectivity index (χ1) is 20.3. The highest BCUT2D eigenvalue weighted by molar-refractivity contribution is 7.90. The van der Waals surface area contributed by atoms with Crippen LogP contribution < -0.4 is 9.62 Å². The van der Waals surface area contributed by atoms with E-state index < -0.39 is 20.9 Å². The number of benzene rings is 2. The molecule has 11 heteroatoms. The van der Waals surface area contributed by atoms with Crippen LogP contribution in [0, 0.1) is 22.0 Å². The summed E-state index contributed by atoms with van der Waals surface area (Å²) in [4.78, 5) is 34.9. The predicted octanol–water partition coefficient (Wildman–Crippen LogP) is 5.48. The summed E-state index contributed by atoms with van der Waals surface area (Å²) >= 11 is 0. The van der Waals surface area contributed by atoms with E-state index in [0.717, 1.165) is 75.9 Å². The standard InChI is InChI=1S/C31H37N5O5S/c37-30(34-42(40,41)27-14-12-26(13-15-27)36(38)39)28-22-32-31(33-29(28)16-11-23-7-3-1-4-8-23)35-19-17-25(18-20-35)21-24-9-5-2-6-10-24/h2,5-6,9-10,12-15,22-23,25H,1,3-4,7-8,11,16-21H2,(H,34,37). The van der Waals surface area contributed by atoms with Crippen LogP contribution >= 0.6 is 0 Å². The lowest BCUT2D eigenvalue weighted by atomic mass is 9.85. The van der Waals surface area contributed by atoms with Crippen LogP contribution in [-0.4, -0.2) is 42.3 Å². The number of rotatable bonds is 10. The fourth-order valence-corrected chi connectivity index (χ4v) is 6.99. The number of non-ortho nitro benzene ring substituents is 1. The highest BCUT2D eigenvalue weighted by atomic mass is 32.2. The second-order valence-corrected chi connectivity index (χ2v) is 13.1. The van der Waals surface area contributed by atoms with Crippen LogP contribution in [0.15, 0.2) is 65.7 Å². The molecule has 2 fully saturated rings. The Morgan fingerprint density at radius 2 is 1.64 bits per heavy atom. The van der Waals surface area contributed by atoms with Gasteiger partial charge in [-0.3, -0.25) is 14.9 Å². The van der Waals surface area contributed by atoms with Crippen LogP contribution in [0.1, 0.15) is 73.0 Å². The number of carbonyl (C=O) groups is 1. The third-order valence-corrected chi connectivity index (χ3v) is 9.81. The van der Waals surface area contributed by atoms with Crippen molar-refractivity contribution in [1.82, 2.24) is 14.7 Å². The summed E-state index contributed by atoms with van der Waals surface area (Å²) in [5.74, 6) is 0.913. The predicted molar refractivity (Wildman–Crippen MR) is 160 cm³/mol. The number of aryl methyl sites for hydroxylation is 1. The number of nitrogens with one attached hydrogen (secondary N) is 1. The van der Waals surface area contributed by atoms with Crippen molar-refractivity contribution >= 4 is 27.6 Å². The molecule has 1 saturated heterocycles. The molecule has 0 radical (unpaired) electrons. The van der Waals surface area contributed by atoms with Gasteiger partial charge in [0.05, 0.1) is 21.1 Å². The number of nitro groups is 1. The maximum atomic E-state index is 13.3. The molecule has 0 atom stereocenters. The number of carbonyl (C=O) groups excluding carboxylic acids is 1. The Hall–Kier alpha value is -3.86. The van der Waals surface area contributed by atoms with Gasteiger partial charge in [-0.1, -0.05) is 62.4 Å². The van der Waals surface area contributed by atoms with Gasteiger partial charge in [0.15, 0.2) is 0 Å². The van der Waals surface area contributed by atoms with Crippen molar-refractivity contribution in [3.63, 3.8) is 0 Å². The molecule has 1 saturated carbocycles. The molecule has 1 aliphatic carbocycles. The van der Waals surface area contributed by atoms with Gasteiger partial charge in [0, 0.05) is 31.4 Å². The number of hydrogen-bond donors (Lipinski definition) is 1. The fraction of sp³-hybridized carbons (Fsp3) is 0.452. The maximum absolute atomic E-state index is 13.3. The molecule has 5 rings (SSSR count). The van der Waals surface area contributed by atoms with Gasteiger partial charge in [-0.2, -0.15) is 0 Å². The van der Waals surface area contributed by atoms with Gasteiger partial charge in [0.1, 0.15) is 0 Å². The van der Waals surface area contributed by atoms with Crippen LogP contribution in [0.2, 0.25) is 0 Å². The first-order valence-corrected chi connectivity index (χ1v) is 16.2. The van der Waals surface area contributed by atoms with Crippen molar-refractivity contribution in [1.29, 1.82) is 0 Å². The third kappa shape index (κ3) is 7.50. The van der Waals surface area contributed by atoms with Gasteiger partial charge in [0.25, 0.3) is 21.6 Å². The van der Waals surface area contributed by atoms with Gasteiger partial charge in [-0.15, -0.1) is 0 Å². The van der Waals surface area contributed by atoms with Crippen molar-refractivity contribution in [3.8, 4) is 0 Å². The zero-order valence-corrected chi connectivity index (χ0v) is 24.5. The molecule has 2 heterocycles. The van der Waals surface area contributed by atoms with E-state index in [9.17, 15) is 23.3 Å². The minimum absolute atomic E-state index is 0.138. The van der Waals surface area contributed by atoms with Gasteiger partial charge in [-0.25, -0.2) is 23.1 Å². The van der Waals surface area contributed by atoms with E-state index in [2.05, 4.69) is 38.9 Å². The molecule has 2 aliphatic rings. The molecule has 1 aromatic heterocycles. The SMILES string of the molecule is O=C(NS(=O)(=O)c1ccc([N+](=O)[O-])cc1)c1cnc(N2CCC(Cc3ccccc3)CC2)nc1CCC1CCCCC1. The maximum Gasteiger partial charge on any atom is 0.269 e. The lowest BCUT2D eigenvalue weighted by Crippen LogP contribution is -2.36. The van der Waals surface area contributed by atoms with Gasteiger partial charge in [-0.05, 0) is 61.6 Å².